The second kappa shape index (κ2) is 7.58. The van der Waals surface area contributed by atoms with E-state index in [9.17, 15) is 9.90 Å². The number of aliphatic hydroxyl groups is 1. The number of benzene rings is 1. The Bertz CT molecular complexity index is 986. The Balaban J connectivity index is 1.59. The van der Waals surface area contributed by atoms with E-state index in [2.05, 4.69) is 24.5 Å². The molecule has 1 saturated heterocycles. The number of ether oxygens (including phenoxy) is 2. The van der Waals surface area contributed by atoms with Gasteiger partial charge in [0.15, 0.2) is 11.5 Å². The van der Waals surface area contributed by atoms with Crippen molar-refractivity contribution in [1.82, 2.24) is 4.90 Å². The van der Waals surface area contributed by atoms with Crippen molar-refractivity contribution < 1.29 is 19.4 Å². The van der Waals surface area contributed by atoms with E-state index in [-0.39, 0.29) is 23.5 Å². The summed E-state index contributed by atoms with van der Waals surface area (Å²) in [5.74, 6) is 1.64. The first-order chi connectivity index (χ1) is 15.5. The van der Waals surface area contributed by atoms with Gasteiger partial charge in [-0.25, -0.2) is 0 Å². The van der Waals surface area contributed by atoms with Gasteiger partial charge in [-0.05, 0) is 74.1 Å². The third kappa shape index (κ3) is 3.54. The summed E-state index contributed by atoms with van der Waals surface area (Å²) in [6.07, 6.45) is 5.00. The molecular weight excluding hydrogens is 414 g/mol. The molecule has 5 nitrogen and oxygen atoms in total. The topological polar surface area (TPSA) is 59.0 Å². The Kier molecular flexibility index (Phi) is 5.26. The summed E-state index contributed by atoms with van der Waals surface area (Å²) in [5, 5.41) is 12.3. The average Bonchev–Trinajstić information content (AvgIpc) is 3.45. The molecule has 0 amide bonds. The second-order valence-corrected chi connectivity index (χ2v) is 12.2. The first-order valence-corrected chi connectivity index (χ1v) is 12.7. The smallest absolute Gasteiger partial charge is 0.311 e. The van der Waals surface area contributed by atoms with E-state index in [1.165, 1.54) is 18.4 Å². The minimum atomic E-state index is -0.963. The largest absolute Gasteiger partial charge is 0.481 e. The summed E-state index contributed by atoms with van der Waals surface area (Å²) in [6, 6.07) is 4.03. The molecule has 2 aliphatic carbocycles. The number of fused-ring (bicyclic) bond motifs is 1. The molecule has 1 unspecified atom stereocenters. The van der Waals surface area contributed by atoms with Crippen molar-refractivity contribution in [2.75, 3.05) is 13.1 Å². The van der Waals surface area contributed by atoms with E-state index >= 15 is 0 Å². The van der Waals surface area contributed by atoms with Crippen molar-refractivity contribution in [3.05, 3.63) is 35.4 Å². The fraction of sp³-hybridized carbons (Fsp3) is 0.679. The Morgan fingerprint density at radius 3 is 2.70 bits per heavy atom. The van der Waals surface area contributed by atoms with Gasteiger partial charge in [0.2, 0.25) is 0 Å². The molecule has 4 atom stereocenters. The first kappa shape index (κ1) is 22.9. The van der Waals surface area contributed by atoms with Crippen molar-refractivity contribution in [3.63, 3.8) is 0 Å². The molecule has 5 heteroatoms. The molecule has 2 heterocycles. The van der Waals surface area contributed by atoms with Crippen LogP contribution < -0.4 is 9.47 Å². The van der Waals surface area contributed by atoms with Crippen LogP contribution in [0.15, 0.2) is 24.3 Å². The van der Waals surface area contributed by atoms with E-state index in [1.54, 1.807) is 0 Å². The maximum absolute atomic E-state index is 12.7. The van der Waals surface area contributed by atoms with Gasteiger partial charge >= 0.3 is 5.97 Å². The number of piperidine rings is 1. The lowest BCUT2D eigenvalue weighted by atomic mass is 9.52. The van der Waals surface area contributed by atoms with Crippen LogP contribution in [-0.2, 0) is 16.6 Å². The fourth-order valence-corrected chi connectivity index (χ4v) is 6.56. The predicted molar refractivity (Wildman–Crippen MR) is 129 cm³/mol. The number of rotatable bonds is 6. The maximum Gasteiger partial charge on any atom is 0.311 e. The molecule has 2 fully saturated rings. The Labute approximate surface area is 198 Å². The molecule has 2 aliphatic heterocycles. The zero-order chi connectivity index (χ0) is 23.8. The Morgan fingerprint density at radius 1 is 1.33 bits per heavy atom. The minimum Gasteiger partial charge on any atom is -0.481 e. The third-order valence-electron chi connectivity index (χ3n) is 8.45. The highest BCUT2D eigenvalue weighted by atomic mass is 16.6. The highest BCUT2D eigenvalue weighted by Crippen LogP contribution is 2.63. The van der Waals surface area contributed by atoms with Crippen LogP contribution in [0.5, 0.6) is 11.5 Å². The monoisotopic (exact) mass is 453 g/mol. The van der Waals surface area contributed by atoms with Gasteiger partial charge in [0.25, 0.3) is 0 Å². The van der Waals surface area contributed by atoms with Crippen LogP contribution >= 0.6 is 0 Å². The summed E-state index contributed by atoms with van der Waals surface area (Å²) in [7, 11) is 0. The predicted octanol–water partition coefficient (Wildman–Crippen LogP) is 4.78. The molecule has 0 aromatic heterocycles. The Morgan fingerprint density at radius 2 is 2.06 bits per heavy atom. The van der Waals surface area contributed by atoms with Crippen LogP contribution in [0.4, 0.5) is 0 Å². The summed E-state index contributed by atoms with van der Waals surface area (Å²) in [5.41, 5.74) is 1.56. The van der Waals surface area contributed by atoms with E-state index in [0.29, 0.717) is 17.9 Å². The van der Waals surface area contributed by atoms with Crippen molar-refractivity contribution in [3.8, 4) is 11.5 Å². The maximum atomic E-state index is 12.7. The van der Waals surface area contributed by atoms with Crippen LogP contribution in [0.1, 0.15) is 77.8 Å². The molecule has 0 radical (unpaired) electrons. The van der Waals surface area contributed by atoms with E-state index < -0.39 is 11.0 Å². The zero-order valence-corrected chi connectivity index (χ0v) is 20.9. The standard InChI is InChI=1S/C28H39NO4/c1-7-17(2)25-28-12-13-29(16-18-8-9-18)21(27(28,6)31)14-19-10-11-20(24(33-25)23(19)28)32-22(30)15-26(3,4)5/h10-11,18,21,25,31H,2,7-9,12-16H2,1,3-6H3/t21?,25-,27+,28-/m0/s1. The van der Waals surface area contributed by atoms with Gasteiger partial charge in [-0.2, -0.15) is 0 Å². The highest BCUT2D eigenvalue weighted by molar-refractivity contribution is 5.75. The number of esters is 1. The highest BCUT2D eigenvalue weighted by Gasteiger charge is 2.68. The minimum absolute atomic E-state index is 0.0512. The van der Waals surface area contributed by atoms with Gasteiger partial charge in [-0.15, -0.1) is 0 Å². The molecule has 5 rings (SSSR count). The summed E-state index contributed by atoms with van der Waals surface area (Å²) >= 11 is 0. The average molecular weight is 454 g/mol. The number of likely N-dealkylation sites (tertiary alicyclic amines) is 1. The number of hydrogen-bond acceptors (Lipinski definition) is 5. The fourth-order valence-electron chi connectivity index (χ4n) is 6.56. The van der Waals surface area contributed by atoms with E-state index in [1.807, 2.05) is 33.8 Å². The van der Waals surface area contributed by atoms with Gasteiger partial charge in [-0.3, -0.25) is 9.69 Å². The lowest BCUT2D eigenvalue weighted by Crippen LogP contribution is -2.73. The molecule has 1 spiro atoms. The van der Waals surface area contributed by atoms with Crippen LogP contribution in [-0.4, -0.2) is 46.8 Å². The lowest BCUT2D eigenvalue weighted by Gasteiger charge is -2.60. The Hall–Kier alpha value is -1.85. The SMILES string of the molecule is C=C(CC)[C@@H]1Oc2c(OC(=O)CC(C)(C)C)ccc3c2[C@@]12CCN(CC1CC1)C(C3)[C@@]2(C)O. The molecule has 1 saturated carbocycles. The molecular formula is C28H39NO4. The summed E-state index contributed by atoms with van der Waals surface area (Å²) in [4.78, 5) is 15.2. The van der Waals surface area contributed by atoms with Crippen molar-refractivity contribution >= 4 is 5.97 Å². The van der Waals surface area contributed by atoms with Gasteiger partial charge in [0, 0.05) is 18.2 Å². The van der Waals surface area contributed by atoms with Crippen LogP contribution in [0.25, 0.3) is 0 Å². The van der Waals surface area contributed by atoms with Crippen LogP contribution in [0, 0.1) is 11.3 Å². The normalized spacial score (nSPS) is 32.8. The van der Waals surface area contributed by atoms with E-state index in [4.69, 9.17) is 9.47 Å². The van der Waals surface area contributed by atoms with E-state index in [0.717, 1.165) is 49.4 Å². The van der Waals surface area contributed by atoms with Crippen molar-refractivity contribution in [2.45, 2.75) is 96.3 Å². The molecule has 180 valence electrons. The zero-order valence-electron chi connectivity index (χ0n) is 20.9. The first-order valence-electron chi connectivity index (χ1n) is 12.7. The van der Waals surface area contributed by atoms with Gasteiger partial charge < -0.3 is 14.6 Å². The molecule has 1 aromatic carbocycles. The number of hydrogen-bond donors (Lipinski definition) is 1. The summed E-state index contributed by atoms with van der Waals surface area (Å²) < 4.78 is 12.5. The van der Waals surface area contributed by atoms with Gasteiger partial charge in [-0.1, -0.05) is 40.3 Å². The van der Waals surface area contributed by atoms with Crippen molar-refractivity contribution in [2.24, 2.45) is 11.3 Å². The quantitative estimate of drug-likeness (QED) is 0.381. The summed E-state index contributed by atoms with van der Waals surface area (Å²) in [6.45, 7) is 16.6. The van der Waals surface area contributed by atoms with Gasteiger partial charge in [0.1, 0.15) is 6.10 Å². The van der Waals surface area contributed by atoms with Crippen molar-refractivity contribution in [1.29, 1.82) is 0 Å². The molecule has 4 aliphatic rings. The third-order valence-corrected chi connectivity index (χ3v) is 8.45. The molecule has 33 heavy (non-hydrogen) atoms. The molecule has 2 bridgehead atoms. The molecule has 1 aromatic rings. The van der Waals surface area contributed by atoms with Gasteiger partial charge in [0.05, 0.1) is 17.4 Å². The number of nitrogens with zero attached hydrogens (tertiary/aromatic N) is 1. The number of carbonyl (C=O) groups excluding carboxylic acids is 1. The second-order valence-electron chi connectivity index (χ2n) is 12.2. The van der Waals surface area contributed by atoms with Crippen LogP contribution in [0.2, 0.25) is 0 Å². The number of carbonyl (C=O) groups is 1. The molecule has 1 N–H and O–H groups in total. The van der Waals surface area contributed by atoms with Crippen LogP contribution in [0.3, 0.4) is 0 Å². The lowest BCUT2D eigenvalue weighted by molar-refractivity contribution is -0.149.